The lowest BCUT2D eigenvalue weighted by atomic mass is 10.1. The van der Waals surface area contributed by atoms with Gasteiger partial charge in [-0.1, -0.05) is 0 Å². The Balaban J connectivity index is 2.64. The predicted molar refractivity (Wildman–Crippen MR) is 63.6 cm³/mol. The molecule has 16 heavy (non-hydrogen) atoms. The molecule has 0 bridgehead atoms. The van der Waals surface area contributed by atoms with E-state index in [-0.39, 0.29) is 6.04 Å². The van der Waals surface area contributed by atoms with E-state index in [1.54, 1.807) is 13.4 Å². The van der Waals surface area contributed by atoms with E-state index in [1.807, 2.05) is 25.2 Å². The molecule has 1 unspecified atom stereocenters. The zero-order chi connectivity index (χ0) is 11.5. The van der Waals surface area contributed by atoms with E-state index in [9.17, 15) is 0 Å². The molecule has 0 amide bonds. The summed E-state index contributed by atoms with van der Waals surface area (Å²) in [6, 6.07) is 6.02. The molecular weight excluding hydrogens is 202 g/mol. The van der Waals surface area contributed by atoms with Crippen molar-refractivity contribution in [1.29, 1.82) is 0 Å². The van der Waals surface area contributed by atoms with Crippen LogP contribution in [-0.4, -0.2) is 24.1 Å². The van der Waals surface area contributed by atoms with E-state index in [0.717, 1.165) is 22.3 Å². The summed E-state index contributed by atoms with van der Waals surface area (Å²) in [5.41, 5.74) is 1.93. The molecule has 0 spiro atoms. The van der Waals surface area contributed by atoms with Crippen LogP contribution < -0.4 is 10.1 Å². The minimum absolute atomic E-state index is 0.192. The Hall–Kier alpha value is -1.68. The highest BCUT2D eigenvalue weighted by atomic mass is 16.5. The summed E-state index contributed by atoms with van der Waals surface area (Å²) < 4.78 is 5.21. The van der Waals surface area contributed by atoms with Crippen LogP contribution in [0.2, 0.25) is 0 Å². The maximum atomic E-state index is 5.21. The van der Waals surface area contributed by atoms with Gasteiger partial charge in [-0.15, -0.1) is 0 Å². The number of benzene rings is 1. The second-order valence-corrected chi connectivity index (χ2v) is 3.65. The van der Waals surface area contributed by atoms with E-state index in [1.165, 1.54) is 0 Å². The van der Waals surface area contributed by atoms with Gasteiger partial charge in [0, 0.05) is 11.4 Å². The lowest BCUT2D eigenvalue weighted by Crippen LogP contribution is -2.14. The first-order chi connectivity index (χ1) is 7.76. The van der Waals surface area contributed by atoms with Crippen molar-refractivity contribution < 1.29 is 4.74 Å². The van der Waals surface area contributed by atoms with Crippen molar-refractivity contribution >= 4 is 10.9 Å². The average Bonchev–Trinajstić information content (AvgIpc) is 2.36. The quantitative estimate of drug-likeness (QED) is 0.853. The first-order valence-electron chi connectivity index (χ1n) is 5.22. The van der Waals surface area contributed by atoms with Crippen LogP contribution in [0.15, 0.2) is 24.5 Å². The average molecular weight is 217 g/mol. The Bertz CT molecular complexity index is 499. The number of rotatable bonds is 3. The summed E-state index contributed by atoms with van der Waals surface area (Å²) in [5, 5.41) is 4.21. The zero-order valence-corrected chi connectivity index (χ0v) is 9.69. The number of nitrogens with one attached hydrogen (secondary N) is 1. The fourth-order valence-electron chi connectivity index (χ4n) is 1.66. The topological polar surface area (TPSA) is 47.0 Å². The molecule has 1 atom stereocenters. The summed E-state index contributed by atoms with van der Waals surface area (Å²) in [6.07, 6.45) is 1.60. The van der Waals surface area contributed by atoms with Crippen molar-refractivity contribution in [1.82, 2.24) is 15.3 Å². The van der Waals surface area contributed by atoms with Crippen LogP contribution in [0.3, 0.4) is 0 Å². The molecule has 0 aliphatic heterocycles. The number of ether oxygens (including phenoxy) is 1. The fourth-order valence-corrected chi connectivity index (χ4v) is 1.66. The number of methoxy groups -OCH3 is 1. The van der Waals surface area contributed by atoms with E-state index in [4.69, 9.17) is 4.74 Å². The van der Waals surface area contributed by atoms with Gasteiger partial charge in [0.25, 0.3) is 0 Å². The molecule has 4 heteroatoms. The Morgan fingerprint density at radius 2 is 2.12 bits per heavy atom. The van der Waals surface area contributed by atoms with Crippen LogP contribution in [0.5, 0.6) is 5.75 Å². The normalized spacial score (nSPS) is 12.7. The molecule has 1 aromatic carbocycles. The summed E-state index contributed by atoms with van der Waals surface area (Å²) in [4.78, 5) is 8.56. The van der Waals surface area contributed by atoms with Crippen LogP contribution >= 0.6 is 0 Å². The Labute approximate surface area is 94.7 Å². The zero-order valence-electron chi connectivity index (χ0n) is 9.69. The Morgan fingerprint density at radius 3 is 2.81 bits per heavy atom. The van der Waals surface area contributed by atoms with Gasteiger partial charge in [0.2, 0.25) is 0 Å². The Kier molecular flexibility index (Phi) is 3.01. The van der Waals surface area contributed by atoms with Crippen LogP contribution in [0.1, 0.15) is 18.7 Å². The number of hydrogen-bond donors (Lipinski definition) is 1. The van der Waals surface area contributed by atoms with Crippen molar-refractivity contribution in [2.45, 2.75) is 13.0 Å². The number of aromatic nitrogens is 2. The summed E-state index contributed by atoms with van der Waals surface area (Å²) >= 11 is 0. The van der Waals surface area contributed by atoms with Crippen molar-refractivity contribution in [2.24, 2.45) is 0 Å². The monoisotopic (exact) mass is 217 g/mol. The molecule has 2 aromatic rings. The van der Waals surface area contributed by atoms with E-state index >= 15 is 0 Å². The third-order valence-corrected chi connectivity index (χ3v) is 2.72. The molecule has 0 radical (unpaired) electrons. The molecule has 84 valence electrons. The first-order valence-corrected chi connectivity index (χ1v) is 5.22. The Morgan fingerprint density at radius 1 is 1.31 bits per heavy atom. The van der Waals surface area contributed by atoms with Crippen LogP contribution in [0, 0.1) is 0 Å². The largest absolute Gasteiger partial charge is 0.497 e. The highest BCUT2D eigenvalue weighted by Crippen LogP contribution is 2.24. The predicted octanol–water partition coefficient (Wildman–Crippen LogP) is 1.92. The maximum absolute atomic E-state index is 5.21. The summed E-state index contributed by atoms with van der Waals surface area (Å²) in [5.74, 6) is 0.826. The van der Waals surface area contributed by atoms with Gasteiger partial charge in [-0.2, -0.15) is 0 Å². The summed E-state index contributed by atoms with van der Waals surface area (Å²) in [7, 11) is 3.57. The lowest BCUT2D eigenvalue weighted by Gasteiger charge is -2.12. The van der Waals surface area contributed by atoms with Crippen molar-refractivity contribution in [3.8, 4) is 5.75 Å². The van der Waals surface area contributed by atoms with Gasteiger partial charge >= 0.3 is 0 Å². The third kappa shape index (κ3) is 1.84. The van der Waals surface area contributed by atoms with Gasteiger partial charge in [-0.25, -0.2) is 9.97 Å². The summed E-state index contributed by atoms with van der Waals surface area (Å²) in [6.45, 7) is 2.07. The highest BCUT2D eigenvalue weighted by Gasteiger charge is 2.10. The fraction of sp³-hybridized carbons (Fsp3) is 0.333. The van der Waals surface area contributed by atoms with E-state index < -0.39 is 0 Å². The van der Waals surface area contributed by atoms with Gasteiger partial charge in [-0.3, -0.25) is 0 Å². The number of hydrogen-bond acceptors (Lipinski definition) is 4. The van der Waals surface area contributed by atoms with Crippen LogP contribution in [0.25, 0.3) is 10.9 Å². The molecule has 1 heterocycles. The minimum Gasteiger partial charge on any atom is -0.497 e. The first kappa shape index (κ1) is 10.8. The molecule has 0 saturated carbocycles. The lowest BCUT2D eigenvalue weighted by molar-refractivity contribution is 0.415. The molecule has 1 N–H and O–H groups in total. The third-order valence-electron chi connectivity index (χ3n) is 2.72. The highest BCUT2D eigenvalue weighted by molar-refractivity contribution is 5.82. The van der Waals surface area contributed by atoms with Crippen LogP contribution in [-0.2, 0) is 0 Å². The van der Waals surface area contributed by atoms with Crippen molar-refractivity contribution in [3.63, 3.8) is 0 Å². The molecule has 0 fully saturated rings. The van der Waals surface area contributed by atoms with Gasteiger partial charge < -0.3 is 10.1 Å². The minimum atomic E-state index is 0.192. The van der Waals surface area contributed by atoms with Gasteiger partial charge in [0.05, 0.1) is 18.3 Å². The SMILES string of the molecule is CNC(C)c1ncnc2ccc(OC)cc12. The van der Waals surface area contributed by atoms with Gasteiger partial charge in [0.1, 0.15) is 12.1 Å². The molecular formula is C12H15N3O. The smallest absolute Gasteiger partial charge is 0.119 e. The van der Waals surface area contributed by atoms with Crippen LogP contribution in [0.4, 0.5) is 0 Å². The van der Waals surface area contributed by atoms with E-state index in [0.29, 0.717) is 0 Å². The van der Waals surface area contributed by atoms with Crippen molar-refractivity contribution in [2.75, 3.05) is 14.2 Å². The second kappa shape index (κ2) is 4.45. The van der Waals surface area contributed by atoms with Crippen molar-refractivity contribution in [3.05, 3.63) is 30.2 Å². The molecule has 0 aliphatic rings. The molecule has 0 aliphatic carbocycles. The molecule has 4 nitrogen and oxygen atoms in total. The molecule has 0 saturated heterocycles. The number of nitrogens with zero attached hydrogens (tertiary/aromatic N) is 2. The van der Waals surface area contributed by atoms with E-state index in [2.05, 4.69) is 22.2 Å². The van der Waals surface area contributed by atoms with Gasteiger partial charge in [0.15, 0.2) is 0 Å². The standard InChI is InChI=1S/C12H15N3O/c1-8(13-2)12-10-6-9(16-3)4-5-11(10)14-7-15-12/h4-8,13H,1-3H3. The maximum Gasteiger partial charge on any atom is 0.119 e. The van der Waals surface area contributed by atoms with Gasteiger partial charge in [-0.05, 0) is 32.2 Å². The number of fused-ring (bicyclic) bond motifs is 1. The molecule has 2 rings (SSSR count). The molecule has 1 aromatic heterocycles. The second-order valence-electron chi connectivity index (χ2n) is 3.65.